The minimum Gasteiger partial charge on any atom is -0.207 e. The molecule has 0 aliphatic rings. The second-order valence-corrected chi connectivity index (χ2v) is 6.12. The number of rotatable bonds is 2. The second-order valence-electron chi connectivity index (χ2n) is 3.85. The number of hydrogen-bond acceptors (Lipinski definition) is 0. The molecule has 1 atom stereocenters. The zero-order valence-electron chi connectivity index (χ0n) is 9.23. The molecule has 0 N–H and O–H groups in total. The number of hydrogen-bond donors (Lipinski definition) is 0. The molecule has 0 radical (unpaired) electrons. The Labute approximate surface area is 129 Å². The predicted molar refractivity (Wildman–Crippen MR) is 75.9 cm³/mol. The van der Waals surface area contributed by atoms with Crippen molar-refractivity contribution in [2.45, 2.75) is 5.38 Å². The molecule has 2 aromatic carbocycles. The van der Waals surface area contributed by atoms with Crippen LogP contribution >= 0.6 is 43.5 Å². The summed E-state index contributed by atoms with van der Waals surface area (Å²) >= 11 is 12.6. The van der Waals surface area contributed by atoms with Crippen molar-refractivity contribution in [1.82, 2.24) is 0 Å². The van der Waals surface area contributed by atoms with Gasteiger partial charge in [0.25, 0.3) is 0 Å². The lowest BCUT2D eigenvalue weighted by Gasteiger charge is -2.13. The lowest BCUT2D eigenvalue weighted by Crippen LogP contribution is -2.02. The summed E-state index contributed by atoms with van der Waals surface area (Å²) in [6, 6.07) is 6.28. The van der Waals surface area contributed by atoms with Crippen LogP contribution in [0.2, 0.25) is 0 Å². The molecule has 0 heterocycles. The first kappa shape index (κ1) is 14.9. The minimum atomic E-state index is -1.05. The maximum absolute atomic E-state index is 13.7. The van der Waals surface area contributed by atoms with E-state index in [1.54, 1.807) is 18.2 Å². The average Bonchev–Trinajstić information content (AvgIpc) is 2.25. The Morgan fingerprint density at radius 2 is 1.32 bits per heavy atom. The Bertz CT molecular complexity index is 588. The van der Waals surface area contributed by atoms with Gasteiger partial charge in [0, 0.05) is 26.6 Å². The Kier molecular flexibility index (Phi) is 4.58. The van der Waals surface area contributed by atoms with Crippen LogP contribution in [0.1, 0.15) is 16.5 Å². The topological polar surface area (TPSA) is 0 Å². The molecule has 1 unspecified atom stereocenters. The van der Waals surface area contributed by atoms with Crippen LogP contribution in [0.3, 0.4) is 0 Å². The smallest absolute Gasteiger partial charge is 0.134 e. The van der Waals surface area contributed by atoms with E-state index in [1.807, 2.05) is 0 Å². The third-order valence-electron chi connectivity index (χ3n) is 2.47. The van der Waals surface area contributed by atoms with Gasteiger partial charge in [-0.1, -0.05) is 31.9 Å². The molecule has 0 saturated carbocycles. The standard InChI is InChI=1S/C13H6Br2ClF3/c14-7-1-6(2-8(15)3-7)13(16)12-10(18)4-9(17)5-11(12)19/h1-5,13H. The van der Waals surface area contributed by atoms with Crippen molar-refractivity contribution in [2.75, 3.05) is 0 Å². The fraction of sp³-hybridized carbons (Fsp3) is 0.0769. The fourth-order valence-electron chi connectivity index (χ4n) is 1.68. The van der Waals surface area contributed by atoms with E-state index >= 15 is 0 Å². The van der Waals surface area contributed by atoms with Gasteiger partial charge in [-0.15, -0.1) is 11.6 Å². The summed E-state index contributed by atoms with van der Waals surface area (Å²) in [7, 11) is 0. The summed E-state index contributed by atoms with van der Waals surface area (Å²) in [6.07, 6.45) is 0. The third kappa shape index (κ3) is 3.33. The van der Waals surface area contributed by atoms with Crippen molar-refractivity contribution < 1.29 is 13.2 Å². The van der Waals surface area contributed by atoms with Crippen LogP contribution in [0.5, 0.6) is 0 Å². The summed E-state index contributed by atoms with van der Waals surface area (Å²) < 4.78 is 41.6. The second kappa shape index (κ2) is 5.85. The summed E-state index contributed by atoms with van der Waals surface area (Å²) in [6.45, 7) is 0. The van der Waals surface area contributed by atoms with Crippen molar-refractivity contribution in [3.8, 4) is 0 Å². The van der Waals surface area contributed by atoms with Crippen molar-refractivity contribution in [1.29, 1.82) is 0 Å². The summed E-state index contributed by atoms with van der Waals surface area (Å²) in [5.41, 5.74) is 0.125. The molecule has 0 aliphatic heterocycles. The van der Waals surface area contributed by atoms with Gasteiger partial charge in [-0.2, -0.15) is 0 Å². The van der Waals surface area contributed by atoms with E-state index in [-0.39, 0.29) is 5.56 Å². The van der Waals surface area contributed by atoms with Gasteiger partial charge < -0.3 is 0 Å². The first-order chi connectivity index (χ1) is 8.88. The van der Waals surface area contributed by atoms with Crippen molar-refractivity contribution >= 4 is 43.5 Å². The maximum Gasteiger partial charge on any atom is 0.134 e. The molecule has 0 amide bonds. The molecule has 0 aromatic heterocycles. The highest BCUT2D eigenvalue weighted by Crippen LogP contribution is 2.35. The van der Waals surface area contributed by atoms with Crippen molar-refractivity contribution in [3.63, 3.8) is 0 Å². The molecule has 0 spiro atoms. The third-order valence-corrected chi connectivity index (χ3v) is 3.86. The Morgan fingerprint density at radius 3 is 1.79 bits per heavy atom. The van der Waals surface area contributed by atoms with Crippen LogP contribution in [0, 0.1) is 17.5 Å². The molecule has 6 heteroatoms. The molecule has 0 nitrogen and oxygen atoms in total. The molecule has 0 saturated heterocycles. The van der Waals surface area contributed by atoms with E-state index in [0.717, 1.165) is 0 Å². The van der Waals surface area contributed by atoms with Crippen LogP contribution in [0.15, 0.2) is 39.3 Å². The lowest BCUT2D eigenvalue weighted by atomic mass is 10.0. The van der Waals surface area contributed by atoms with Gasteiger partial charge in [-0.3, -0.25) is 0 Å². The van der Waals surface area contributed by atoms with Gasteiger partial charge in [0.1, 0.15) is 17.5 Å². The summed E-state index contributed by atoms with van der Waals surface area (Å²) in [5.74, 6) is -2.99. The molecule has 19 heavy (non-hydrogen) atoms. The average molecular weight is 414 g/mol. The van der Waals surface area contributed by atoms with Crippen LogP contribution in [-0.2, 0) is 0 Å². The predicted octanol–water partition coefficient (Wildman–Crippen LogP) is 5.96. The van der Waals surface area contributed by atoms with E-state index in [9.17, 15) is 13.2 Å². The highest BCUT2D eigenvalue weighted by atomic mass is 79.9. The normalized spacial score (nSPS) is 12.5. The van der Waals surface area contributed by atoms with Crippen LogP contribution in [0.4, 0.5) is 13.2 Å². The van der Waals surface area contributed by atoms with E-state index in [1.165, 1.54) is 0 Å². The first-order valence-electron chi connectivity index (χ1n) is 5.13. The van der Waals surface area contributed by atoms with E-state index in [2.05, 4.69) is 31.9 Å². The fourth-order valence-corrected chi connectivity index (χ4v) is 3.35. The molecule has 2 rings (SSSR count). The summed E-state index contributed by atoms with van der Waals surface area (Å²) in [5, 5.41) is -1.05. The molecule has 100 valence electrons. The molecule has 0 fully saturated rings. The zero-order valence-corrected chi connectivity index (χ0v) is 13.2. The van der Waals surface area contributed by atoms with Gasteiger partial charge in [0.2, 0.25) is 0 Å². The molecule has 0 bridgehead atoms. The lowest BCUT2D eigenvalue weighted by molar-refractivity contribution is 0.526. The molecular formula is C13H6Br2ClF3. The van der Waals surface area contributed by atoms with Crippen molar-refractivity contribution in [2.24, 2.45) is 0 Å². The molecular weight excluding hydrogens is 408 g/mol. The Balaban J connectivity index is 2.52. The Morgan fingerprint density at radius 1 is 0.842 bits per heavy atom. The number of benzene rings is 2. The van der Waals surface area contributed by atoms with Gasteiger partial charge in [-0.25, -0.2) is 13.2 Å². The molecule has 0 aliphatic carbocycles. The van der Waals surface area contributed by atoms with E-state index in [0.29, 0.717) is 26.6 Å². The van der Waals surface area contributed by atoms with Gasteiger partial charge in [-0.05, 0) is 23.8 Å². The highest BCUT2D eigenvalue weighted by Gasteiger charge is 2.21. The Hall–Kier alpha value is -0.520. The molecule has 2 aromatic rings. The number of halogens is 6. The van der Waals surface area contributed by atoms with E-state index < -0.39 is 22.8 Å². The minimum absolute atomic E-state index is 0.368. The monoisotopic (exact) mass is 412 g/mol. The maximum atomic E-state index is 13.7. The van der Waals surface area contributed by atoms with Gasteiger partial charge in [0.05, 0.1) is 5.38 Å². The van der Waals surface area contributed by atoms with Gasteiger partial charge >= 0.3 is 0 Å². The summed E-state index contributed by atoms with van der Waals surface area (Å²) in [4.78, 5) is 0. The van der Waals surface area contributed by atoms with Crippen LogP contribution in [-0.4, -0.2) is 0 Å². The van der Waals surface area contributed by atoms with Gasteiger partial charge in [0.15, 0.2) is 0 Å². The zero-order chi connectivity index (χ0) is 14.2. The number of alkyl halides is 1. The quantitative estimate of drug-likeness (QED) is 0.532. The van der Waals surface area contributed by atoms with Crippen LogP contribution in [0.25, 0.3) is 0 Å². The van der Waals surface area contributed by atoms with Crippen LogP contribution < -0.4 is 0 Å². The first-order valence-corrected chi connectivity index (χ1v) is 7.15. The largest absolute Gasteiger partial charge is 0.207 e. The van der Waals surface area contributed by atoms with Crippen molar-refractivity contribution in [3.05, 3.63) is 67.9 Å². The highest BCUT2D eigenvalue weighted by molar-refractivity contribution is 9.11. The van der Waals surface area contributed by atoms with E-state index in [4.69, 9.17) is 11.6 Å². The SMILES string of the molecule is Fc1cc(F)c(C(Cl)c2cc(Br)cc(Br)c2)c(F)c1.